The van der Waals surface area contributed by atoms with Crippen LogP contribution in [0.2, 0.25) is 0 Å². The zero-order valence-electron chi connectivity index (χ0n) is 6.96. The standard InChI is InChI=1S/C10H11NO/c1-11-7-3-5-9-4-2-6-10(12)8-9/h2,4,6,8,11-12H,7H2,1H3. The van der Waals surface area contributed by atoms with Crippen LogP contribution in [0.15, 0.2) is 24.3 Å². The van der Waals surface area contributed by atoms with Gasteiger partial charge in [-0.25, -0.2) is 0 Å². The maximum atomic E-state index is 9.09. The number of hydrogen-bond acceptors (Lipinski definition) is 2. The molecular formula is C10H11NO. The third-order valence-electron chi connectivity index (χ3n) is 1.34. The Hall–Kier alpha value is -1.46. The molecule has 0 saturated heterocycles. The first-order chi connectivity index (χ1) is 5.83. The van der Waals surface area contributed by atoms with E-state index in [1.54, 1.807) is 18.2 Å². The number of phenolic OH excluding ortho intramolecular Hbond substituents is 1. The molecule has 0 fully saturated rings. The normalized spacial score (nSPS) is 8.75. The van der Waals surface area contributed by atoms with Crippen molar-refractivity contribution in [3.05, 3.63) is 29.8 Å². The molecule has 2 nitrogen and oxygen atoms in total. The van der Waals surface area contributed by atoms with E-state index in [9.17, 15) is 0 Å². The second kappa shape index (κ2) is 4.42. The van der Waals surface area contributed by atoms with Crippen LogP contribution in [0.25, 0.3) is 0 Å². The SMILES string of the molecule is CNCC#Cc1cccc(O)c1. The van der Waals surface area contributed by atoms with Crippen LogP contribution < -0.4 is 5.32 Å². The molecule has 0 aliphatic heterocycles. The smallest absolute Gasteiger partial charge is 0.116 e. The van der Waals surface area contributed by atoms with E-state index in [0.717, 1.165) is 5.56 Å². The Bertz CT molecular complexity index is 309. The molecule has 1 aromatic rings. The molecule has 0 aliphatic carbocycles. The van der Waals surface area contributed by atoms with Crippen molar-refractivity contribution in [3.8, 4) is 17.6 Å². The highest BCUT2D eigenvalue weighted by Crippen LogP contribution is 2.08. The lowest BCUT2D eigenvalue weighted by atomic mass is 10.2. The van der Waals surface area contributed by atoms with Gasteiger partial charge in [0, 0.05) is 5.56 Å². The molecule has 0 amide bonds. The molecule has 1 rings (SSSR count). The van der Waals surface area contributed by atoms with Gasteiger partial charge in [-0.05, 0) is 25.2 Å². The summed E-state index contributed by atoms with van der Waals surface area (Å²) in [6, 6.07) is 6.91. The lowest BCUT2D eigenvalue weighted by Crippen LogP contribution is -2.04. The van der Waals surface area contributed by atoms with E-state index in [1.807, 2.05) is 13.1 Å². The van der Waals surface area contributed by atoms with Crippen LogP contribution in [-0.2, 0) is 0 Å². The van der Waals surface area contributed by atoms with Crippen LogP contribution in [0.1, 0.15) is 5.56 Å². The van der Waals surface area contributed by atoms with Crippen molar-refractivity contribution < 1.29 is 5.11 Å². The first kappa shape index (κ1) is 8.63. The molecule has 0 aliphatic rings. The van der Waals surface area contributed by atoms with Crippen molar-refractivity contribution in [1.29, 1.82) is 0 Å². The molecular weight excluding hydrogens is 150 g/mol. The lowest BCUT2D eigenvalue weighted by molar-refractivity contribution is 0.475. The summed E-state index contributed by atoms with van der Waals surface area (Å²) in [6.07, 6.45) is 0. The van der Waals surface area contributed by atoms with Crippen LogP contribution in [0.3, 0.4) is 0 Å². The second-order valence-corrected chi connectivity index (χ2v) is 2.38. The molecule has 0 heterocycles. The summed E-state index contributed by atoms with van der Waals surface area (Å²) in [5.41, 5.74) is 0.838. The van der Waals surface area contributed by atoms with Crippen molar-refractivity contribution in [2.75, 3.05) is 13.6 Å². The first-order valence-electron chi connectivity index (χ1n) is 3.75. The van der Waals surface area contributed by atoms with E-state index in [4.69, 9.17) is 5.11 Å². The van der Waals surface area contributed by atoms with Gasteiger partial charge in [0.15, 0.2) is 0 Å². The molecule has 0 spiro atoms. The number of nitrogens with one attached hydrogen (secondary N) is 1. The Morgan fingerprint density at radius 3 is 3.00 bits per heavy atom. The Balaban J connectivity index is 2.71. The number of rotatable bonds is 1. The van der Waals surface area contributed by atoms with Crippen LogP contribution in [-0.4, -0.2) is 18.7 Å². The van der Waals surface area contributed by atoms with Crippen molar-refractivity contribution in [3.63, 3.8) is 0 Å². The van der Waals surface area contributed by atoms with Gasteiger partial charge in [0.2, 0.25) is 0 Å². The molecule has 2 N–H and O–H groups in total. The topological polar surface area (TPSA) is 32.3 Å². The Labute approximate surface area is 72.2 Å². The van der Waals surface area contributed by atoms with Gasteiger partial charge in [0.25, 0.3) is 0 Å². The van der Waals surface area contributed by atoms with Gasteiger partial charge in [0.1, 0.15) is 5.75 Å². The predicted molar refractivity (Wildman–Crippen MR) is 48.9 cm³/mol. The first-order valence-corrected chi connectivity index (χ1v) is 3.75. The van der Waals surface area contributed by atoms with Crippen molar-refractivity contribution in [2.24, 2.45) is 0 Å². The minimum Gasteiger partial charge on any atom is -0.508 e. The minimum atomic E-state index is 0.256. The summed E-state index contributed by atoms with van der Waals surface area (Å²) < 4.78 is 0. The Morgan fingerprint density at radius 2 is 2.33 bits per heavy atom. The highest BCUT2D eigenvalue weighted by atomic mass is 16.3. The summed E-state index contributed by atoms with van der Waals surface area (Å²) in [4.78, 5) is 0. The molecule has 0 bridgehead atoms. The molecule has 0 unspecified atom stereocenters. The predicted octanol–water partition coefficient (Wildman–Crippen LogP) is 0.963. The zero-order chi connectivity index (χ0) is 8.81. The van der Waals surface area contributed by atoms with E-state index in [0.29, 0.717) is 6.54 Å². The molecule has 62 valence electrons. The largest absolute Gasteiger partial charge is 0.508 e. The van der Waals surface area contributed by atoms with Gasteiger partial charge in [-0.15, -0.1) is 0 Å². The molecule has 0 atom stereocenters. The quantitative estimate of drug-likeness (QED) is 0.601. The van der Waals surface area contributed by atoms with Crippen LogP contribution >= 0.6 is 0 Å². The Kier molecular flexibility index (Phi) is 3.18. The lowest BCUT2D eigenvalue weighted by Gasteiger charge is -1.91. The van der Waals surface area contributed by atoms with Crippen LogP contribution in [0, 0.1) is 11.8 Å². The minimum absolute atomic E-state index is 0.256. The number of hydrogen-bond donors (Lipinski definition) is 2. The van der Waals surface area contributed by atoms with Crippen LogP contribution in [0.4, 0.5) is 0 Å². The van der Waals surface area contributed by atoms with E-state index in [2.05, 4.69) is 17.2 Å². The van der Waals surface area contributed by atoms with Gasteiger partial charge < -0.3 is 10.4 Å². The molecule has 1 aromatic carbocycles. The third-order valence-corrected chi connectivity index (χ3v) is 1.34. The van der Waals surface area contributed by atoms with Gasteiger partial charge in [-0.1, -0.05) is 17.9 Å². The second-order valence-electron chi connectivity index (χ2n) is 2.38. The maximum Gasteiger partial charge on any atom is 0.116 e. The van der Waals surface area contributed by atoms with E-state index >= 15 is 0 Å². The van der Waals surface area contributed by atoms with Gasteiger partial charge in [-0.2, -0.15) is 0 Å². The summed E-state index contributed by atoms with van der Waals surface area (Å²) in [5, 5.41) is 12.0. The van der Waals surface area contributed by atoms with Crippen LogP contribution in [0.5, 0.6) is 5.75 Å². The summed E-state index contributed by atoms with van der Waals surface area (Å²) >= 11 is 0. The molecule has 12 heavy (non-hydrogen) atoms. The highest BCUT2D eigenvalue weighted by Gasteiger charge is 1.87. The highest BCUT2D eigenvalue weighted by molar-refractivity contribution is 5.39. The molecule has 2 heteroatoms. The number of aromatic hydroxyl groups is 1. The monoisotopic (exact) mass is 161 g/mol. The van der Waals surface area contributed by atoms with E-state index in [1.165, 1.54) is 0 Å². The fourth-order valence-corrected chi connectivity index (χ4v) is 0.818. The van der Waals surface area contributed by atoms with E-state index < -0.39 is 0 Å². The van der Waals surface area contributed by atoms with Gasteiger partial charge in [0.05, 0.1) is 6.54 Å². The van der Waals surface area contributed by atoms with E-state index in [-0.39, 0.29) is 5.75 Å². The zero-order valence-corrected chi connectivity index (χ0v) is 6.96. The molecule has 0 aromatic heterocycles. The summed E-state index contributed by atoms with van der Waals surface area (Å²) in [7, 11) is 1.84. The summed E-state index contributed by atoms with van der Waals surface area (Å²) in [6.45, 7) is 0.662. The van der Waals surface area contributed by atoms with Crippen molar-refractivity contribution >= 4 is 0 Å². The van der Waals surface area contributed by atoms with Gasteiger partial charge >= 0.3 is 0 Å². The fourth-order valence-electron chi connectivity index (χ4n) is 0.818. The van der Waals surface area contributed by atoms with Crippen molar-refractivity contribution in [2.45, 2.75) is 0 Å². The number of benzene rings is 1. The van der Waals surface area contributed by atoms with Crippen molar-refractivity contribution in [1.82, 2.24) is 5.32 Å². The summed E-state index contributed by atoms with van der Waals surface area (Å²) in [5.74, 6) is 6.08. The maximum absolute atomic E-state index is 9.09. The third kappa shape index (κ3) is 2.65. The average Bonchev–Trinajstić information content (AvgIpc) is 2.05. The molecule has 0 saturated carbocycles. The fraction of sp³-hybridized carbons (Fsp3) is 0.200. The average molecular weight is 161 g/mol. The van der Waals surface area contributed by atoms with Gasteiger partial charge in [-0.3, -0.25) is 0 Å². The Morgan fingerprint density at radius 1 is 1.50 bits per heavy atom. The molecule has 0 radical (unpaired) electrons. The number of phenols is 1.